The van der Waals surface area contributed by atoms with Gasteiger partial charge in [0, 0.05) is 34.6 Å². The molecular weight excluding hydrogens is 476 g/mol. The second kappa shape index (κ2) is 10.4. The summed E-state index contributed by atoms with van der Waals surface area (Å²) in [7, 11) is 1.52. The van der Waals surface area contributed by atoms with Gasteiger partial charge in [0.2, 0.25) is 0 Å². The fourth-order valence-corrected chi connectivity index (χ4v) is 4.21. The van der Waals surface area contributed by atoms with Crippen LogP contribution in [0.4, 0.5) is 16.2 Å². The molecule has 10 nitrogen and oxygen atoms in total. The van der Waals surface area contributed by atoms with E-state index >= 15 is 0 Å². The molecule has 0 fully saturated rings. The van der Waals surface area contributed by atoms with Gasteiger partial charge in [-0.3, -0.25) is 19.7 Å². The maximum Gasteiger partial charge on any atom is 0.326 e. The number of aromatic amines is 1. The molecule has 0 saturated heterocycles. The largest absolute Gasteiger partial charge is 0.497 e. The number of ether oxygens (including phenoxy) is 1. The molecule has 0 spiro atoms. The number of fused-ring (bicyclic) bond motifs is 1. The average Bonchev–Trinajstić information content (AvgIpc) is 3.31. The van der Waals surface area contributed by atoms with E-state index in [0.717, 1.165) is 22.5 Å². The lowest BCUT2D eigenvalue weighted by molar-refractivity contribution is -0.137. The lowest BCUT2D eigenvalue weighted by Crippen LogP contribution is -2.34. The first-order chi connectivity index (χ1) is 17.7. The smallest absolute Gasteiger partial charge is 0.326 e. The Kier molecular flexibility index (Phi) is 7.10. The highest BCUT2D eigenvalue weighted by Crippen LogP contribution is 2.36. The number of H-pyrrole nitrogens is 1. The Morgan fingerprint density at radius 2 is 1.81 bits per heavy atom. The molecule has 4 rings (SSSR count). The summed E-state index contributed by atoms with van der Waals surface area (Å²) in [5, 5.41) is 16.7. The van der Waals surface area contributed by atoms with E-state index in [-0.39, 0.29) is 12.3 Å². The first kappa shape index (κ1) is 25.2. The van der Waals surface area contributed by atoms with E-state index in [0.29, 0.717) is 40.2 Å². The van der Waals surface area contributed by atoms with E-state index in [1.807, 2.05) is 13.8 Å². The van der Waals surface area contributed by atoms with Crippen LogP contribution >= 0.6 is 0 Å². The van der Waals surface area contributed by atoms with Crippen molar-refractivity contribution in [2.75, 3.05) is 17.7 Å². The number of carboxylic acids is 1. The Labute approximate surface area is 212 Å². The normalized spacial score (nSPS) is 13.2. The van der Waals surface area contributed by atoms with Gasteiger partial charge in [-0.15, -0.1) is 0 Å². The Bertz CT molecular complexity index is 1440. The van der Waals surface area contributed by atoms with E-state index in [2.05, 4.69) is 20.9 Å². The number of imide groups is 1. The highest BCUT2D eigenvalue weighted by Gasteiger charge is 2.25. The molecule has 5 N–H and O–H groups in total. The summed E-state index contributed by atoms with van der Waals surface area (Å²) in [5.74, 6) is -1.15. The second-order valence-electron chi connectivity index (χ2n) is 8.57. The zero-order valence-corrected chi connectivity index (χ0v) is 20.5. The van der Waals surface area contributed by atoms with Crippen molar-refractivity contribution in [1.29, 1.82) is 0 Å². The Balaban J connectivity index is 1.48. The topological polar surface area (TPSA) is 150 Å². The highest BCUT2D eigenvalue weighted by atomic mass is 16.5. The van der Waals surface area contributed by atoms with E-state index in [1.165, 1.54) is 7.11 Å². The molecular formula is C27H26N4O6. The van der Waals surface area contributed by atoms with Gasteiger partial charge < -0.3 is 25.5 Å². The number of aryl methyl sites for hydroxylation is 1. The zero-order chi connectivity index (χ0) is 26.7. The van der Waals surface area contributed by atoms with Gasteiger partial charge in [0.15, 0.2) is 0 Å². The van der Waals surface area contributed by atoms with Gasteiger partial charge in [-0.05, 0) is 73.9 Å². The van der Waals surface area contributed by atoms with Gasteiger partial charge >= 0.3 is 12.0 Å². The zero-order valence-electron chi connectivity index (χ0n) is 20.5. The monoisotopic (exact) mass is 502 g/mol. The van der Waals surface area contributed by atoms with Crippen molar-refractivity contribution in [1.82, 2.24) is 10.3 Å². The van der Waals surface area contributed by atoms with E-state index < -0.39 is 17.9 Å². The van der Waals surface area contributed by atoms with Crippen molar-refractivity contribution >= 4 is 46.8 Å². The quantitative estimate of drug-likeness (QED) is 0.307. The molecule has 1 aliphatic rings. The lowest BCUT2D eigenvalue weighted by Gasteiger charge is -2.09. The molecule has 0 radical (unpaired) electrons. The predicted molar refractivity (Wildman–Crippen MR) is 139 cm³/mol. The summed E-state index contributed by atoms with van der Waals surface area (Å²) in [6.07, 6.45) is 2.16. The number of urea groups is 1. The van der Waals surface area contributed by atoms with Crippen molar-refractivity contribution in [2.24, 2.45) is 0 Å². The predicted octanol–water partition coefficient (Wildman–Crippen LogP) is 4.11. The van der Waals surface area contributed by atoms with Crippen molar-refractivity contribution < 1.29 is 29.0 Å². The number of aromatic nitrogens is 1. The molecule has 1 aromatic heterocycles. The van der Waals surface area contributed by atoms with Crippen LogP contribution < -0.4 is 20.7 Å². The van der Waals surface area contributed by atoms with Crippen molar-refractivity contribution in [3.05, 3.63) is 76.1 Å². The van der Waals surface area contributed by atoms with Crippen molar-refractivity contribution in [2.45, 2.75) is 26.7 Å². The number of hydrogen-bond donors (Lipinski definition) is 5. The van der Waals surface area contributed by atoms with Gasteiger partial charge in [0.25, 0.3) is 11.8 Å². The van der Waals surface area contributed by atoms with E-state index in [4.69, 9.17) is 9.84 Å². The molecule has 0 unspecified atom stereocenters. The number of anilines is 2. The third-order valence-electron chi connectivity index (χ3n) is 6.15. The lowest BCUT2D eigenvalue weighted by atomic mass is 10.0. The third-order valence-corrected chi connectivity index (χ3v) is 6.15. The second-order valence-corrected chi connectivity index (χ2v) is 8.57. The molecule has 0 atom stereocenters. The summed E-state index contributed by atoms with van der Waals surface area (Å²) >= 11 is 0. The number of carbonyl (C=O) groups excluding carboxylic acids is 3. The molecule has 3 aromatic rings. The Morgan fingerprint density at radius 3 is 2.49 bits per heavy atom. The number of amides is 4. The summed E-state index contributed by atoms with van der Waals surface area (Å²) in [5.41, 5.74) is 5.71. The standard InChI is InChI=1S/C27H26N4O6/c1-14-19(10-11-24(32)33)15(2)28-22(14)13-21-20-9-6-17(12-23(20)30-26(21)35)29-27(36)31-25(34)16-4-7-18(37-3)8-5-16/h4-9,12-13,28H,10-11H2,1-3H3,(H,30,35)(H,32,33)(H2,29,31,34,36)/b21-13-. The van der Waals surface area contributed by atoms with Gasteiger partial charge in [-0.1, -0.05) is 6.07 Å². The number of rotatable bonds is 7. The minimum atomic E-state index is -0.868. The van der Waals surface area contributed by atoms with Gasteiger partial charge in [0.1, 0.15) is 5.75 Å². The van der Waals surface area contributed by atoms with Crippen LogP contribution in [0.15, 0.2) is 42.5 Å². The average molecular weight is 503 g/mol. The van der Waals surface area contributed by atoms with Crippen LogP contribution in [0.1, 0.15) is 44.9 Å². The summed E-state index contributed by atoms with van der Waals surface area (Å²) in [4.78, 5) is 51.6. The van der Waals surface area contributed by atoms with Crippen LogP contribution in [0, 0.1) is 13.8 Å². The number of nitrogens with one attached hydrogen (secondary N) is 4. The van der Waals surface area contributed by atoms with Gasteiger partial charge in [-0.2, -0.15) is 0 Å². The van der Waals surface area contributed by atoms with Crippen LogP contribution in [0.3, 0.4) is 0 Å². The molecule has 2 aromatic carbocycles. The molecule has 37 heavy (non-hydrogen) atoms. The number of carboxylic acid groups (broad SMARTS) is 1. The molecule has 190 valence electrons. The maximum absolute atomic E-state index is 12.7. The minimum Gasteiger partial charge on any atom is -0.497 e. The summed E-state index contributed by atoms with van der Waals surface area (Å²) in [6.45, 7) is 3.76. The molecule has 0 bridgehead atoms. The SMILES string of the molecule is COc1ccc(C(=O)NC(=O)Nc2ccc3c(c2)NC(=O)/C3=C\c2[nH]c(C)c(CCC(=O)O)c2C)cc1. The Morgan fingerprint density at radius 1 is 1.08 bits per heavy atom. The van der Waals surface area contributed by atoms with Crippen LogP contribution in [0.5, 0.6) is 5.75 Å². The van der Waals surface area contributed by atoms with E-state index in [1.54, 1.807) is 48.5 Å². The fourth-order valence-electron chi connectivity index (χ4n) is 4.21. The van der Waals surface area contributed by atoms with Crippen LogP contribution in [-0.4, -0.2) is 41.0 Å². The summed E-state index contributed by atoms with van der Waals surface area (Å²) < 4.78 is 5.06. The maximum atomic E-state index is 12.7. The van der Waals surface area contributed by atoms with Crippen molar-refractivity contribution in [3.63, 3.8) is 0 Å². The molecule has 10 heteroatoms. The highest BCUT2D eigenvalue weighted by molar-refractivity contribution is 6.35. The fraction of sp³-hybridized carbons (Fsp3) is 0.185. The minimum absolute atomic E-state index is 0.0217. The molecule has 4 amide bonds. The number of benzene rings is 2. The van der Waals surface area contributed by atoms with Crippen LogP contribution in [0.2, 0.25) is 0 Å². The molecule has 2 heterocycles. The number of carbonyl (C=O) groups is 4. The van der Waals surface area contributed by atoms with E-state index in [9.17, 15) is 19.2 Å². The number of hydrogen-bond acceptors (Lipinski definition) is 5. The van der Waals surface area contributed by atoms with Gasteiger partial charge in [0.05, 0.1) is 18.4 Å². The van der Waals surface area contributed by atoms with Crippen LogP contribution in [-0.2, 0) is 16.0 Å². The first-order valence-corrected chi connectivity index (χ1v) is 11.5. The molecule has 1 aliphatic heterocycles. The number of aliphatic carboxylic acids is 1. The summed E-state index contributed by atoms with van der Waals surface area (Å²) in [6, 6.07) is 10.6. The van der Waals surface area contributed by atoms with Crippen molar-refractivity contribution in [3.8, 4) is 5.75 Å². The number of methoxy groups -OCH3 is 1. The first-order valence-electron chi connectivity index (χ1n) is 11.5. The van der Waals surface area contributed by atoms with Gasteiger partial charge in [-0.25, -0.2) is 4.79 Å². The third kappa shape index (κ3) is 5.53. The molecule has 0 saturated carbocycles. The molecule has 0 aliphatic carbocycles. The Hall–Kier alpha value is -4.86. The van der Waals surface area contributed by atoms with Crippen LogP contribution in [0.25, 0.3) is 11.6 Å².